The van der Waals surface area contributed by atoms with E-state index in [9.17, 15) is 9.59 Å². The van der Waals surface area contributed by atoms with Gasteiger partial charge < -0.3 is 10.1 Å². The second-order valence-electron chi connectivity index (χ2n) is 6.41. The molecule has 1 aliphatic carbocycles. The van der Waals surface area contributed by atoms with Gasteiger partial charge in [0.05, 0.1) is 18.6 Å². The van der Waals surface area contributed by atoms with Crippen LogP contribution in [0.25, 0.3) is 0 Å². The number of ether oxygens (including phenoxy) is 1. The van der Waals surface area contributed by atoms with E-state index in [4.69, 9.17) is 4.74 Å². The lowest BCUT2D eigenvalue weighted by Gasteiger charge is -2.12. The van der Waals surface area contributed by atoms with Gasteiger partial charge in [0.2, 0.25) is 5.91 Å². The molecule has 1 amide bonds. The Balaban J connectivity index is 1.75. The average molecular weight is 497 g/mol. The number of esters is 1. The molecule has 0 saturated heterocycles. The molecule has 6 nitrogen and oxygen atoms in total. The van der Waals surface area contributed by atoms with Crippen molar-refractivity contribution in [2.75, 3.05) is 18.2 Å². The normalized spacial score (nSPS) is 13.3. The number of amides is 1. The second kappa shape index (κ2) is 8.55. The van der Waals surface area contributed by atoms with E-state index in [0.717, 1.165) is 33.5 Å². The zero-order valence-electron chi connectivity index (χ0n) is 15.3. The minimum atomic E-state index is -0.480. The van der Waals surface area contributed by atoms with Crippen molar-refractivity contribution in [1.82, 2.24) is 9.97 Å². The minimum absolute atomic E-state index is 0.149. The van der Waals surface area contributed by atoms with Gasteiger partial charge in [0.25, 0.3) is 0 Å². The maximum absolute atomic E-state index is 12.4. The van der Waals surface area contributed by atoms with E-state index in [2.05, 4.69) is 37.9 Å². The number of aryl methyl sites for hydroxylation is 2. The lowest BCUT2D eigenvalue weighted by Crippen LogP contribution is -2.16. The molecule has 27 heavy (non-hydrogen) atoms. The first-order valence-electron chi connectivity index (χ1n) is 8.54. The first kappa shape index (κ1) is 20.1. The van der Waals surface area contributed by atoms with Gasteiger partial charge in [-0.3, -0.25) is 4.79 Å². The molecule has 0 aliphatic heterocycles. The van der Waals surface area contributed by atoms with Crippen molar-refractivity contribution in [2.24, 2.45) is 0 Å². The first-order chi connectivity index (χ1) is 12.9. The highest BCUT2D eigenvalue weighted by molar-refractivity contribution is 14.1. The minimum Gasteiger partial charge on any atom is -0.465 e. The summed E-state index contributed by atoms with van der Waals surface area (Å²) >= 11 is 3.47. The standard InChI is InChI=1S/C19H20IN3O3S/c1-10-8-13(20)6-7-14(10)22-15(24)9-27-18-16(19(25)26-3)11(2)21-17(23-18)12-4-5-12/h6-8,12H,4-5,9H2,1-3H3,(H,22,24). The van der Waals surface area contributed by atoms with E-state index in [1.165, 1.54) is 18.9 Å². The summed E-state index contributed by atoms with van der Waals surface area (Å²) in [6.07, 6.45) is 2.13. The van der Waals surface area contributed by atoms with Crippen molar-refractivity contribution in [2.45, 2.75) is 37.6 Å². The Kier molecular flexibility index (Phi) is 6.36. The van der Waals surface area contributed by atoms with Gasteiger partial charge in [-0.25, -0.2) is 14.8 Å². The molecule has 3 rings (SSSR count). The van der Waals surface area contributed by atoms with Gasteiger partial charge in [-0.1, -0.05) is 11.8 Å². The number of nitrogens with zero attached hydrogens (tertiary/aromatic N) is 2. The highest BCUT2D eigenvalue weighted by atomic mass is 127. The van der Waals surface area contributed by atoms with Crippen LogP contribution < -0.4 is 5.32 Å². The number of nitrogens with one attached hydrogen (secondary N) is 1. The fourth-order valence-electron chi connectivity index (χ4n) is 2.62. The summed E-state index contributed by atoms with van der Waals surface area (Å²) in [6.45, 7) is 3.73. The molecule has 8 heteroatoms. The molecule has 0 radical (unpaired) electrons. The number of rotatable bonds is 6. The third-order valence-electron chi connectivity index (χ3n) is 4.21. The van der Waals surface area contributed by atoms with Crippen LogP contribution >= 0.6 is 34.4 Å². The monoisotopic (exact) mass is 497 g/mol. The Morgan fingerprint density at radius 2 is 2.04 bits per heavy atom. The Bertz CT molecular complexity index is 900. The molecular weight excluding hydrogens is 477 g/mol. The van der Waals surface area contributed by atoms with Crippen molar-refractivity contribution >= 4 is 51.9 Å². The van der Waals surface area contributed by atoms with Gasteiger partial charge in [0, 0.05) is 15.2 Å². The molecule has 142 valence electrons. The molecule has 0 bridgehead atoms. The van der Waals surface area contributed by atoms with Crippen LogP contribution in [0, 0.1) is 17.4 Å². The van der Waals surface area contributed by atoms with Crippen molar-refractivity contribution in [3.63, 3.8) is 0 Å². The summed E-state index contributed by atoms with van der Waals surface area (Å²) in [6, 6.07) is 5.84. The smallest absolute Gasteiger partial charge is 0.342 e. The summed E-state index contributed by atoms with van der Waals surface area (Å²) < 4.78 is 5.98. The van der Waals surface area contributed by atoms with Gasteiger partial charge in [0.15, 0.2) is 0 Å². The zero-order chi connectivity index (χ0) is 19.6. The van der Waals surface area contributed by atoms with Gasteiger partial charge in [-0.15, -0.1) is 0 Å². The fraction of sp³-hybridized carbons (Fsp3) is 0.368. The summed E-state index contributed by atoms with van der Waals surface area (Å²) in [7, 11) is 1.33. The topological polar surface area (TPSA) is 81.2 Å². The average Bonchev–Trinajstić information content (AvgIpc) is 3.46. The number of aromatic nitrogens is 2. The van der Waals surface area contributed by atoms with E-state index in [-0.39, 0.29) is 11.7 Å². The molecule has 1 saturated carbocycles. The molecule has 1 aromatic carbocycles. The van der Waals surface area contributed by atoms with Crippen LogP contribution in [-0.2, 0) is 9.53 Å². The van der Waals surface area contributed by atoms with E-state index in [1.807, 2.05) is 25.1 Å². The molecule has 0 unspecified atom stereocenters. The largest absolute Gasteiger partial charge is 0.465 e. The Morgan fingerprint density at radius 1 is 1.30 bits per heavy atom. The lowest BCUT2D eigenvalue weighted by atomic mass is 10.2. The molecule has 1 aromatic heterocycles. The first-order valence-corrected chi connectivity index (χ1v) is 10.6. The molecule has 1 aliphatic rings. The lowest BCUT2D eigenvalue weighted by molar-refractivity contribution is -0.113. The van der Waals surface area contributed by atoms with Crippen LogP contribution in [0.5, 0.6) is 0 Å². The van der Waals surface area contributed by atoms with Gasteiger partial charge in [0.1, 0.15) is 16.4 Å². The maximum Gasteiger partial charge on any atom is 0.342 e. The predicted octanol–water partition coefficient (Wildman–Crippen LogP) is 4.09. The number of halogens is 1. The van der Waals surface area contributed by atoms with Crippen LogP contribution in [0.4, 0.5) is 5.69 Å². The quantitative estimate of drug-likeness (QED) is 0.280. The highest BCUT2D eigenvalue weighted by Gasteiger charge is 2.29. The number of carbonyl (C=O) groups is 2. The van der Waals surface area contributed by atoms with E-state index in [1.54, 1.807) is 6.92 Å². The highest BCUT2D eigenvalue weighted by Crippen LogP contribution is 2.39. The number of hydrogen-bond donors (Lipinski definition) is 1. The van der Waals surface area contributed by atoms with E-state index >= 15 is 0 Å². The number of anilines is 1. The Labute approximate surface area is 176 Å². The van der Waals surface area contributed by atoms with Crippen molar-refractivity contribution in [3.8, 4) is 0 Å². The van der Waals surface area contributed by atoms with Crippen molar-refractivity contribution in [3.05, 3.63) is 44.4 Å². The van der Waals surface area contributed by atoms with E-state index in [0.29, 0.717) is 22.2 Å². The Hall–Kier alpha value is -1.68. The van der Waals surface area contributed by atoms with Crippen LogP contribution in [-0.4, -0.2) is 34.7 Å². The Morgan fingerprint density at radius 3 is 2.67 bits per heavy atom. The van der Waals surface area contributed by atoms with Gasteiger partial charge in [-0.05, 0) is 73.0 Å². The van der Waals surface area contributed by atoms with Crippen LogP contribution in [0.15, 0.2) is 23.2 Å². The molecule has 1 N–H and O–H groups in total. The molecule has 1 fully saturated rings. The number of thioether (sulfide) groups is 1. The van der Waals surface area contributed by atoms with Crippen LogP contribution in [0.2, 0.25) is 0 Å². The summed E-state index contributed by atoms with van der Waals surface area (Å²) in [4.78, 5) is 33.5. The third-order valence-corrected chi connectivity index (χ3v) is 5.85. The predicted molar refractivity (Wildman–Crippen MR) is 113 cm³/mol. The molecule has 2 aromatic rings. The molecule has 0 atom stereocenters. The number of carbonyl (C=O) groups excluding carboxylic acids is 2. The van der Waals surface area contributed by atoms with Crippen molar-refractivity contribution < 1.29 is 14.3 Å². The third kappa shape index (κ3) is 4.98. The number of hydrogen-bond acceptors (Lipinski definition) is 6. The van der Waals surface area contributed by atoms with E-state index < -0.39 is 5.97 Å². The number of methoxy groups -OCH3 is 1. The second-order valence-corrected chi connectivity index (χ2v) is 8.62. The molecular formula is C19H20IN3O3S. The fourth-order valence-corrected chi connectivity index (χ4v) is 4.14. The maximum atomic E-state index is 12.4. The van der Waals surface area contributed by atoms with Gasteiger partial charge >= 0.3 is 5.97 Å². The summed E-state index contributed by atoms with van der Waals surface area (Å²) in [5.41, 5.74) is 2.72. The van der Waals surface area contributed by atoms with Crippen LogP contribution in [0.1, 0.15) is 46.2 Å². The van der Waals surface area contributed by atoms with Gasteiger partial charge in [-0.2, -0.15) is 0 Å². The van der Waals surface area contributed by atoms with Crippen molar-refractivity contribution in [1.29, 1.82) is 0 Å². The zero-order valence-corrected chi connectivity index (χ0v) is 18.3. The molecule has 1 heterocycles. The number of benzene rings is 1. The SMILES string of the molecule is COC(=O)c1c(C)nc(C2CC2)nc1SCC(=O)Nc1ccc(I)cc1C. The molecule has 0 spiro atoms. The van der Waals surface area contributed by atoms with Crippen LogP contribution in [0.3, 0.4) is 0 Å². The summed E-state index contributed by atoms with van der Waals surface area (Å²) in [5.74, 6) is 0.626. The summed E-state index contributed by atoms with van der Waals surface area (Å²) in [5, 5.41) is 3.42.